The largest absolute Gasteiger partial charge is 0.444 e. The first kappa shape index (κ1) is 30.0. The number of aryl methyl sites for hydroxylation is 1. The fraction of sp³-hybridized carbons (Fsp3) is 0.667. The number of alkyl carbamates (subject to hydrolysis) is 1. The zero-order valence-electron chi connectivity index (χ0n) is 22.3. The molecule has 8 nitrogen and oxygen atoms in total. The van der Waals surface area contributed by atoms with Crippen molar-refractivity contribution >= 4 is 29.7 Å². The molecular weight excluding hydrogens is 478 g/mol. The zero-order valence-corrected chi connectivity index (χ0v) is 23.2. The Morgan fingerprint density at radius 1 is 1.14 bits per heavy atom. The van der Waals surface area contributed by atoms with E-state index in [-0.39, 0.29) is 25.1 Å². The number of hydrogen-bond acceptors (Lipinski definition) is 6. The topological polar surface area (TPSA) is 108 Å². The molecule has 3 amide bonds. The number of carbonyl (C=O) groups excluding carboxylic acids is 3. The lowest BCUT2D eigenvalue weighted by atomic mass is 9.94. The average molecular weight is 522 g/mol. The first-order valence-electron chi connectivity index (χ1n) is 12.8. The van der Waals surface area contributed by atoms with Gasteiger partial charge < -0.3 is 25.4 Å². The van der Waals surface area contributed by atoms with Crippen molar-refractivity contribution in [3.05, 3.63) is 35.4 Å². The molecule has 9 heteroatoms. The van der Waals surface area contributed by atoms with Gasteiger partial charge in [-0.05, 0) is 64.5 Å². The van der Waals surface area contributed by atoms with Crippen LogP contribution >= 0.6 is 11.8 Å². The highest BCUT2D eigenvalue weighted by molar-refractivity contribution is 7.98. The Bertz CT molecular complexity index is 850. The van der Waals surface area contributed by atoms with Crippen LogP contribution < -0.4 is 10.6 Å². The van der Waals surface area contributed by atoms with Crippen molar-refractivity contribution < 1.29 is 24.2 Å². The summed E-state index contributed by atoms with van der Waals surface area (Å²) in [5, 5.41) is 15.7. The standard InChI is InChI=1S/C27H43N3O5S/c1-19-11-13-20(14-12-19)23(24(32)28-21-9-7-6-8-10-21)30(16-17-31)25(33)22(15-18-36-5)29-26(34)35-27(2,3)4/h11-14,21-23,31H,6-10,15-18H2,1-5H3,(H,28,32)(H,29,34). The van der Waals surface area contributed by atoms with Gasteiger partial charge >= 0.3 is 6.09 Å². The summed E-state index contributed by atoms with van der Waals surface area (Å²) < 4.78 is 5.39. The van der Waals surface area contributed by atoms with E-state index < -0.39 is 29.7 Å². The second kappa shape index (κ2) is 14.5. The number of carbonyl (C=O) groups is 3. The maximum atomic E-state index is 13.9. The van der Waals surface area contributed by atoms with Crippen LogP contribution in [0.4, 0.5) is 4.79 Å². The molecule has 1 aromatic carbocycles. The lowest BCUT2D eigenvalue weighted by molar-refractivity contribution is -0.143. The lowest BCUT2D eigenvalue weighted by Gasteiger charge is -2.35. The minimum Gasteiger partial charge on any atom is -0.444 e. The number of aliphatic hydroxyl groups is 1. The number of rotatable bonds is 11. The number of benzene rings is 1. The molecule has 2 atom stereocenters. The SMILES string of the molecule is CSCCC(NC(=O)OC(C)(C)C)C(=O)N(CCO)C(C(=O)NC1CCCCC1)c1ccc(C)cc1. The maximum Gasteiger partial charge on any atom is 0.408 e. The van der Waals surface area contributed by atoms with Crippen LogP contribution in [0.3, 0.4) is 0 Å². The molecule has 0 bridgehead atoms. The van der Waals surface area contributed by atoms with Crippen molar-refractivity contribution in [1.82, 2.24) is 15.5 Å². The molecule has 202 valence electrons. The highest BCUT2D eigenvalue weighted by atomic mass is 32.2. The maximum absolute atomic E-state index is 13.9. The molecule has 1 aromatic rings. The van der Waals surface area contributed by atoms with Gasteiger partial charge in [-0.15, -0.1) is 0 Å². The molecule has 36 heavy (non-hydrogen) atoms. The van der Waals surface area contributed by atoms with E-state index in [1.165, 1.54) is 4.90 Å². The van der Waals surface area contributed by atoms with E-state index in [1.54, 1.807) is 32.5 Å². The molecule has 0 heterocycles. The smallest absolute Gasteiger partial charge is 0.408 e. The van der Waals surface area contributed by atoms with E-state index in [0.717, 1.165) is 37.7 Å². The van der Waals surface area contributed by atoms with Gasteiger partial charge in [0.25, 0.3) is 0 Å². The number of amides is 3. The molecule has 1 fully saturated rings. The van der Waals surface area contributed by atoms with Crippen molar-refractivity contribution in [2.45, 2.75) is 89.9 Å². The zero-order chi connectivity index (χ0) is 26.7. The normalized spacial score (nSPS) is 16.1. The summed E-state index contributed by atoms with van der Waals surface area (Å²) in [5.41, 5.74) is 0.984. The summed E-state index contributed by atoms with van der Waals surface area (Å²) in [7, 11) is 0. The molecule has 2 rings (SSSR count). The summed E-state index contributed by atoms with van der Waals surface area (Å²) in [6.45, 7) is 6.87. The molecule has 1 saturated carbocycles. The van der Waals surface area contributed by atoms with Crippen LogP contribution in [-0.2, 0) is 14.3 Å². The molecule has 0 spiro atoms. The number of thioether (sulfide) groups is 1. The number of nitrogens with zero attached hydrogens (tertiary/aromatic N) is 1. The van der Waals surface area contributed by atoms with E-state index in [2.05, 4.69) is 10.6 Å². The Morgan fingerprint density at radius 2 is 1.78 bits per heavy atom. The Balaban J connectivity index is 2.38. The van der Waals surface area contributed by atoms with Crippen LogP contribution in [-0.4, -0.2) is 70.8 Å². The summed E-state index contributed by atoms with van der Waals surface area (Å²) in [4.78, 5) is 41.5. The van der Waals surface area contributed by atoms with Crippen LogP contribution in [0.15, 0.2) is 24.3 Å². The number of hydrogen-bond donors (Lipinski definition) is 3. The second-order valence-electron chi connectivity index (χ2n) is 10.4. The van der Waals surface area contributed by atoms with Gasteiger partial charge in [-0.25, -0.2) is 4.79 Å². The third-order valence-electron chi connectivity index (χ3n) is 6.13. The predicted molar refractivity (Wildman–Crippen MR) is 144 cm³/mol. The lowest BCUT2D eigenvalue weighted by Crippen LogP contribution is -2.54. The molecule has 2 unspecified atom stereocenters. The van der Waals surface area contributed by atoms with E-state index in [0.29, 0.717) is 17.7 Å². The fourth-order valence-electron chi connectivity index (χ4n) is 4.37. The minimum atomic E-state index is -0.926. The Hall–Kier alpha value is -2.26. The van der Waals surface area contributed by atoms with Crippen molar-refractivity contribution in [2.75, 3.05) is 25.2 Å². The van der Waals surface area contributed by atoms with E-state index in [4.69, 9.17) is 4.74 Å². The van der Waals surface area contributed by atoms with E-state index >= 15 is 0 Å². The first-order valence-corrected chi connectivity index (χ1v) is 14.2. The fourth-order valence-corrected chi connectivity index (χ4v) is 4.84. The monoisotopic (exact) mass is 521 g/mol. The van der Waals surface area contributed by atoms with Crippen LogP contribution in [0.25, 0.3) is 0 Å². The van der Waals surface area contributed by atoms with Crippen molar-refractivity contribution in [1.29, 1.82) is 0 Å². The molecule has 0 aliphatic heterocycles. The minimum absolute atomic E-state index is 0.0404. The molecule has 0 aromatic heterocycles. The summed E-state index contributed by atoms with van der Waals surface area (Å²) in [6.07, 6.45) is 6.72. The Labute approximate surface area is 219 Å². The van der Waals surface area contributed by atoms with Gasteiger partial charge in [-0.3, -0.25) is 9.59 Å². The molecule has 0 saturated heterocycles. The highest BCUT2D eigenvalue weighted by Crippen LogP contribution is 2.25. The Morgan fingerprint density at radius 3 is 2.33 bits per heavy atom. The summed E-state index contributed by atoms with van der Waals surface area (Å²) in [6, 6.07) is 5.74. The third kappa shape index (κ3) is 9.65. The number of aliphatic hydroxyl groups excluding tert-OH is 1. The predicted octanol–water partition coefficient (Wildman–Crippen LogP) is 3.95. The van der Waals surface area contributed by atoms with Gasteiger partial charge in [0, 0.05) is 12.6 Å². The van der Waals surface area contributed by atoms with Gasteiger partial charge in [0.1, 0.15) is 17.7 Å². The van der Waals surface area contributed by atoms with Crippen LogP contribution in [0.2, 0.25) is 0 Å². The molecule has 3 N–H and O–H groups in total. The highest BCUT2D eigenvalue weighted by Gasteiger charge is 2.36. The van der Waals surface area contributed by atoms with Crippen molar-refractivity contribution in [3.63, 3.8) is 0 Å². The second-order valence-corrected chi connectivity index (χ2v) is 11.4. The molecular formula is C27H43N3O5S. The summed E-state index contributed by atoms with van der Waals surface area (Å²) >= 11 is 1.56. The quantitative estimate of drug-likeness (QED) is 0.407. The molecule has 1 aliphatic carbocycles. The molecule has 1 aliphatic rings. The third-order valence-corrected chi connectivity index (χ3v) is 6.77. The summed E-state index contributed by atoms with van der Waals surface area (Å²) in [5.74, 6) is -0.0652. The number of ether oxygens (including phenoxy) is 1. The van der Waals surface area contributed by atoms with Gasteiger partial charge in [-0.1, -0.05) is 49.1 Å². The Kier molecular flexibility index (Phi) is 12.0. The van der Waals surface area contributed by atoms with Crippen LogP contribution in [0.5, 0.6) is 0 Å². The van der Waals surface area contributed by atoms with Crippen molar-refractivity contribution in [3.8, 4) is 0 Å². The number of nitrogens with one attached hydrogen (secondary N) is 2. The van der Waals surface area contributed by atoms with Gasteiger partial charge in [0.15, 0.2) is 0 Å². The van der Waals surface area contributed by atoms with Crippen molar-refractivity contribution in [2.24, 2.45) is 0 Å². The van der Waals surface area contributed by atoms with Crippen LogP contribution in [0.1, 0.15) is 76.5 Å². The van der Waals surface area contributed by atoms with E-state index in [1.807, 2.05) is 37.4 Å². The van der Waals surface area contributed by atoms with Gasteiger partial charge in [-0.2, -0.15) is 11.8 Å². The van der Waals surface area contributed by atoms with Gasteiger partial charge in [0.05, 0.1) is 6.61 Å². The average Bonchev–Trinajstić information content (AvgIpc) is 2.81. The van der Waals surface area contributed by atoms with E-state index in [9.17, 15) is 19.5 Å². The molecule has 0 radical (unpaired) electrons. The van der Waals surface area contributed by atoms with Crippen LogP contribution in [0, 0.1) is 6.92 Å². The first-order chi connectivity index (χ1) is 17.1. The van der Waals surface area contributed by atoms with Gasteiger partial charge in [0.2, 0.25) is 11.8 Å².